The molecule has 27 heavy (non-hydrogen) atoms. The summed E-state index contributed by atoms with van der Waals surface area (Å²) in [6.07, 6.45) is 2.19. The van der Waals surface area contributed by atoms with E-state index in [2.05, 4.69) is 12.2 Å². The van der Waals surface area contributed by atoms with Crippen LogP contribution in [0.5, 0.6) is 17.2 Å². The van der Waals surface area contributed by atoms with Gasteiger partial charge in [-0.1, -0.05) is 19.4 Å². The summed E-state index contributed by atoms with van der Waals surface area (Å²) in [6.45, 7) is 7.13. The van der Waals surface area contributed by atoms with Gasteiger partial charge in [0.15, 0.2) is 11.5 Å². The molecule has 0 fully saturated rings. The molecule has 0 aliphatic rings. The number of amides is 1. The average Bonchev–Trinajstić information content (AvgIpc) is 2.67. The van der Waals surface area contributed by atoms with Crippen molar-refractivity contribution < 1.29 is 19.0 Å². The summed E-state index contributed by atoms with van der Waals surface area (Å²) in [6, 6.07) is 12.8. The summed E-state index contributed by atoms with van der Waals surface area (Å²) < 4.78 is 16.7. The Kier molecular flexibility index (Phi) is 7.99. The molecule has 0 aliphatic heterocycles. The van der Waals surface area contributed by atoms with Crippen molar-refractivity contribution >= 4 is 5.91 Å². The van der Waals surface area contributed by atoms with E-state index in [4.69, 9.17) is 14.2 Å². The second-order valence-corrected chi connectivity index (χ2v) is 6.56. The first-order chi connectivity index (χ1) is 13.0. The van der Waals surface area contributed by atoms with Gasteiger partial charge in [0.1, 0.15) is 5.75 Å². The number of rotatable bonds is 10. The smallest absolute Gasteiger partial charge is 0.251 e. The van der Waals surface area contributed by atoms with Crippen molar-refractivity contribution in [3.05, 3.63) is 53.6 Å². The third kappa shape index (κ3) is 6.51. The van der Waals surface area contributed by atoms with Crippen molar-refractivity contribution in [1.82, 2.24) is 5.32 Å². The second kappa shape index (κ2) is 10.5. The van der Waals surface area contributed by atoms with E-state index < -0.39 is 0 Å². The molecule has 2 aromatic rings. The molecular formula is C22H29NO4. The highest BCUT2D eigenvalue weighted by molar-refractivity contribution is 5.94. The molecule has 0 saturated carbocycles. The number of hydrogen-bond donors (Lipinski definition) is 1. The molecule has 0 spiro atoms. The molecule has 5 nitrogen and oxygen atoms in total. The standard InChI is InChI=1S/C22H29NO4/c1-5-6-13-26-20-12-7-17(14-21(20)25-4)15-23-22(24)18-8-10-19(11-9-18)27-16(2)3/h7-12,14,16H,5-6,13,15H2,1-4H3,(H,23,24). The summed E-state index contributed by atoms with van der Waals surface area (Å²) >= 11 is 0. The van der Waals surface area contributed by atoms with E-state index in [1.54, 1.807) is 31.4 Å². The van der Waals surface area contributed by atoms with E-state index in [0.29, 0.717) is 24.5 Å². The second-order valence-electron chi connectivity index (χ2n) is 6.56. The first-order valence-electron chi connectivity index (χ1n) is 9.38. The van der Waals surface area contributed by atoms with E-state index in [1.165, 1.54) is 0 Å². The Morgan fingerprint density at radius 3 is 2.44 bits per heavy atom. The SMILES string of the molecule is CCCCOc1ccc(CNC(=O)c2ccc(OC(C)C)cc2)cc1OC. The molecule has 1 N–H and O–H groups in total. The van der Waals surface area contributed by atoms with Gasteiger partial charge >= 0.3 is 0 Å². The largest absolute Gasteiger partial charge is 0.493 e. The van der Waals surface area contributed by atoms with Crippen LogP contribution in [0.25, 0.3) is 0 Å². The van der Waals surface area contributed by atoms with Crippen LogP contribution in [0.3, 0.4) is 0 Å². The minimum atomic E-state index is -0.131. The summed E-state index contributed by atoms with van der Waals surface area (Å²) in [7, 11) is 1.62. The summed E-state index contributed by atoms with van der Waals surface area (Å²) in [4.78, 5) is 12.3. The van der Waals surface area contributed by atoms with Crippen LogP contribution in [-0.2, 0) is 6.54 Å². The fourth-order valence-electron chi connectivity index (χ4n) is 2.51. The van der Waals surface area contributed by atoms with E-state index in [0.717, 1.165) is 29.9 Å². The van der Waals surface area contributed by atoms with Gasteiger partial charge in [0.2, 0.25) is 0 Å². The van der Waals surface area contributed by atoms with Crippen LogP contribution < -0.4 is 19.5 Å². The van der Waals surface area contributed by atoms with Gasteiger partial charge in [-0.05, 0) is 62.2 Å². The molecule has 0 aromatic heterocycles. The Hall–Kier alpha value is -2.69. The highest BCUT2D eigenvalue weighted by Crippen LogP contribution is 2.28. The minimum Gasteiger partial charge on any atom is -0.493 e. The molecule has 1 amide bonds. The van der Waals surface area contributed by atoms with Crippen molar-refractivity contribution in [2.24, 2.45) is 0 Å². The summed E-state index contributed by atoms with van der Waals surface area (Å²) in [5.74, 6) is 2.02. The Balaban J connectivity index is 1.94. The van der Waals surface area contributed by atoms with Crippen molar-refractivity contribution in [2.45, 2.75) is 46.3 Å². The lowest BCUT2D eigenvalue weighted by Gasteiger charge is -2.13. The van der Waals surface area contributed by atoms with Crippen molar-refractivity contribution in [2.75, 3.05) is 13.7 Å². The maximum Gasteiger partial charge on any atom is 0.251 e. The molecule has 0 bridgehead atoms. The first kappa shape index (κ1) is 20.6. The van der Waals surface area contributed by atoms with Crippen LogP contribution in [0.1, 0.15) is 49.5 Å². The zero-order valence-electron chi connectivity index (χ0n) is 16.6. The first-order valence-corrected chi connectivity index (χ1v) is 9.38. The number of carbonyl (C=O) groups is 1. The summed E-state index contributed by atoms with van der Waals surface area (Å²) in [5.41, 5.74) is 1.54. The molecule has 0 unspecified atom stereocenters. The van der Waals surface area contributed by atoms with Gasteiger partial charge in [0, 0.05) is 12.1 Å². The van der Waals surface area contributed by atoms with Gasteiger partial charge in [-0.2, -0.15) is 0 Å². The number of benzene rings is 2. The van der Waals surface area contributed by atoms with Gasteiger partial charge in [0.05, 0.1) is 19.8 Å². The van der Waals surface area contributed by atoms with Crippen LogP contribution in [0.15, 0.2) is 42.5 Å². The maximum absolute atomic E-state index is 12.3. The predicted octanol–water partition coefficient (Wildman–Crippen LogP) is 4.59. The lowest BCUT2D eigenvalue weighted by atomic mass is 10.1. The Labute approximate surface area is 161 Å². The maximum atomic E-state index is 12.3. The average molecular weight is 371 g/mol. The molecule has 2 aromatic carbocycles. The molecule has 5 heteroatoms. The molecule has 0 radical (unpaired) electrons. The van der Waals surface area contributed by atoms with Crippen molar-refractivity contribution in [3.8, 4) is 17.2 Å². The monoisotopic (exact) mass is 371 g/mol. The quantitative estimate of drug-likeness (QED) is 0.621. The van der Waals surface area contributed by atoms with Gasteiger partial charge < -0.3 is 19.5 Å². The van der Waals surface area contributed by atoms with Crippen LogP contribution >= 0.6 is 0 Å². The van der Waals surface area contributed by atoms with Crippen LogP contribution in [0.2, 0.25) is 0 Å². The number of methoxy groups -OCH3 is 1. The number of unbranched alkanes of at least 4 members (excludes halogenated alkanes) is 1. The van der Waals surface area contributed by atoms with E-state index >= 15 is 0 Å². The fraction of sp³-hybridized carbons (Fsp3) is 0.409. The molecule has 0 aliphatic carbocycles. The Bertz CT molecular complexity index is 726. The zero-order valence-corrected chi connectivity index (χ0v) is 16.6. The normalized spacial score (nSPS) is 10.6. The zero-order chi connectivity index (χ0) is 19.6. The number of nitrogens with one attached hydrogen (secondary N) is 1. The molecular weight excluding hydrogens is 342 g/mol. The topological polar surface area (TPSA) is 56.8 Å². The van der Waals surface area contributed by atoms with Crippen LogP contribution in [0, 0.1) is 0 Å². The third-order valence-electron chi connectivity index (χ3n) is 3.92. The van der Waals surface area contributed by atoms with Crippen LogP contribution in [0.4, 0.5) is 0 Å². The molecule has 146 valence electrons. The van der Waals surface area contributed by atoms with Crippen molar-refractivity contribution in [1.29, 1.82) is 0 Å². The van der Waals surface area contributed by atoms with Gasteiger partial charge in [0.25, 0.3) is 5.91 Å². The van der Waals surface area contributed by atoms with Gasteiger partial charge in [-0.15, -0.1) is 0 Å². The summed E-state index contributed by atoms with van der Waals surface area (Å²) in [5, 5.41) is 2.92. The number of hydrogen-bond acceptors (Lipinski definition) is 4. The molecule has 0 saturated heterocycles. The van der Waals surface area contributed by atoms with E-state index in [-0.39, 0.29) is 12.0 Å². The Morgan fingerprint density at radius 1 is 1.07 bits per heavy atom. The molecule has 0 atom stereocenters. The Morgan fingerprint density at radius 2 is 1.81 bits per heavy atom. The van der Waals surface area contributed by atoms with E-state index in [9.17, 15) is 4.79 Å². The van der Waals surface area contributed by atoms with Gasteiger partial charge in [-0.3, -0.25) is 4.79 Å². The van der Waals surface area contributed by atoms with Crippen molar-refractivity contribution in [3.63, 3.8) is 0 Å². The highest BCUT2D eigenvalue weighted by Gasteiger charge is 2.09. The van der Waals surface area contributed by atoms with E-state index in [1.807, 2.05) is 32.0 Å². The highest BCUT2D eigenvalue weighted by atomic mass is 16.5. The molecule has 2 rings (SSSR count). The number of ether oxygens (including phenoxy) is 3. The fourth-order valence-corrected chi connectivity index (χ4v) is 2.51. The lowest BCUT2D eigenvalue weighted by molar-refractivity contribution is 0.0951. The third-order valence-corrected chi connectivity index (χ3v) is 3.92. The van der Waals surface area contributed by atoms with Gasteiger partial charge in [-0.25, -0.2) is 0 Å². The predicted molar refractivity (Wildman–Crippen MR) is 107 cm³/mol. The van der Waals surface area contributed by atoms with Crippen LogP contribution in [-0.4, -0.2) is 25.7 Å². The minimum absolute atomic E-state index is 0.105. The lowest BCUT2D eigenvalue weighted by Crippen LogP contribution is -2.22. The number of carbonyl (C=O) groups excluding carboxylic acids is 1. The molecule has 0 heterocycles.